The molecule has 30 heavy (non-hydrogen) atoms. The molecule has 2 aromatic rings. The number of nitrogens with one attached hydrogen (secondary N) is 2. The van der Waals surface area contributed by atoms with Crippen LogP contribution in [-0.2, 0) is 11.2 Å². The summed E-state index contributed by atoms with van der Waals surface area (Å²) in [6.07, 6.45) is 3.50. The fraction of sp³-hybridized carbons (Fsp3) is 0.348. The van der Waals surface area contributed by atoms with Crippen LogP contribution < -0.4 is 15.8 Å². The Kier molecular flexibility index (Phi) is 7.06. The van der Waals surface area contributed by atoms with Gasteiger partial charge in [-0.15, -0.1) is 0 Å². The second-order valence-electron chi connectivity index (χ2n) is 7.46. The Morgan fingerprint density at radius 2 is 1.63 bits per heavy atom. The van der Waals surface area contributed by atoms with Gasteiger partial charge < -0.3 is 20.7 Å². The Balaban J connectivity index is 1.77. The number of hydrogen-bond acceptors (Lipinski definition) is 4. The summed E-state index contributed by atoms with van der Waals surface area (Å²) in [5.74, 6) is 0.306. The van der Waals surface area contributed by atoms with Crippen LogP contribution in [0.1, 0.15) is 40.7 Å². The summed E-state index contributed by atoms with van der Waals surface area (Å²) >= 11 is 0. The first-order chi connectivity index (χ1) is 14.5. The number of ether oxygens (including phenoxy) is 1. The van der Waals surface area contributed by atoms with Crippen LogP contribution in [0.25, 0.3) is 0 Å². The van der Waals surface area contributed by atoms with E-state index in [1.54, 1.807) is 31.4 Å². The molecule has 1 heterocycles. The van der Waals surface area contributed by atoms with Gasteiger partial charge in [0, 0.05) is 30.6 Å². The van der Waals surface area contributed by atoms with Gasteiger partial charge >= 0.3 is 0 Å². The Morgan fingerprint density at radius 1 is 1.03 bits per heavy atom. The number of amides is 2. The molecule has 0 aliphatic carbocycles. The summed E-state index contributed by atoms with van der Waals surface area (Å²) in [5, 5.41) is 10.4. The lowest BCUT2D eigenvalue weighted by Gasteiger charge is -2.31. The molecule has 0 bridgehead atoms. The number of nitrogens with two attached hydrogens (primary N) is 1. The minimum absolute atomic E-state index is 0.0559. The van der Waals surface area contributed by atoms with Crippen LogP contribution in [0.3, 0.4) is 0 Å². The van der Waals surface area contributed by atoms with Gasteiger partial charge in [-0.25, -0.2) is 0 Å². The first-order valence-electron chi connectivity index (χ1n) is 10.1. The highest BCUT2D eigenvalue weighted by molar-refractivity contribution is 5.99. The van der Waals surface area contributed by atoms with E-state index in [9.17, 15) is 9.59 Å². The van der Waals surface area contributed by atoms with E-state index in [-0.39, 0.29) is 17.6 Å². The highest BCUT2D eigenvalue weighted by Gasteiger charge is 2.27. The molecule has 4 N–H and O–H groups in total. The van der Waals surface area contributed by atoms with Crippen LogP contribution in [0, 0.1) is 5.41 Å². The van der Waals surface area contributed by atoms with E-state index in [0.29, 0.717) is 17.5 Å². The average Bonchev–Trinajstić information content (AvgIpc) is 2.79. The molecule has 7 heteroatoms. The zero-order chi connectivity index (χ0) is 21.5. The smallest absolute Gasteiger partial charge is 0.251 e. The number of piperidine rings is 1. The number of nitrogens with zero attached hydrogens (tertiary/aromatic N) is 1. The number of hydrogen-bond donors (Lipinski definition) is 3. The first kappa shape index (κ1) is 21.4. The SMILES string of the molecule is COc1ccc(C[C@H](NC(=O)c2ccc(C(=N)N)cc2)C(=O)N2CCCCC2)cc1. The van der Waals surface area contributed by atoms with Crippen molar-refractivity contribution in [3.05, 3.63) is 65.2 Å². The molecule has 0 radical (unpaired) electrons. The van der Waals surface area contributed by atoms with Crippen molar-refractivity contribution in [3.8, 4) is 5.75 Å². The molecule has 3 rings (SSSR count). The number of carbonyl (C=O) groups excluding carboxylic acids is 2. The summed E-state index contributed by atoms with van der Waals surface area (Å²) in [5.41, 5.74) is 7.39. The third kappa shape index (κ3) is 5.37. The molecule has 7 nitrogen and oxygen atoms in total. The fourth-order valence-corrected chi connectivity index (χ4v) is 3.57. The second-order valence-corrected chi connectivity index (χ2v) is 7.46. The van der Waals surface area contributed by atoms with Gasteiger partial charge in [-0.2, -0.15) is 0 Å². The number of methoxy groups -OCH3 is 1. The van der Waals surface area contributed by atoms with E-state index >= 15 is 0 Å². The zero-order valence-corrected chi connectivity index (χ0v) is 17.2. The van der Waals surface area contributed by atoms with Crippen LogP contribution in [0.15, 0.2) is 48.5 Å². The molecular formula is C23H28N4O3. The monoisotopic (exact) mass is 408 g/mol. The number of carbonyl (C=O) groups is 2. The number of likely N-dealkylation sites (tertiary alicyclic amines) is 1. The van der Waals surface area contributed by atoms with Crippen molar-refractivity contribution in [2.45, 2.75) is 31.7 Å². The lowest BCUT2D eigenvalue weighted by atomic mass is 10.0. The molecule has 1 fully saturated rings. The zero-order valence-electron chi connectivity index (χ0n) is 17.2. The summed E-state index contributed by atoms with van der Waals surface area (Å²) in [4.78, 5) is 27.8. The molecule has 0 saturated carbocycles. The molecule has 2 amide bonds. The van der Waals surface area contributed by atoms with Gasteiger partial charge in [-0.3, -0.25) is 15.0 Å². The first-order valence-corrected chi connectivity index (χ1v) is 10.1. The predicted octanol–water partition coefficient (Wildman–Crippen LogP) is 2.33. The Hall–Kier alpha value is -3.35. The minimum Gasteiger partial charge on any atom is -0.497 e. The summed E-state index contributed by atoms with van der Waals surface area (Å²) in [6, 6.07) is 13.3. The molecule has 158 valence electrons. The highest BCUT2D eigenvalue weighted by atomic mass is 16.5. The second kappa shape index (κ2) is 9.91. The Bertz CT molecular complexity index is 888. The lowest BCUT2D eigenvalue weighted by molar-refractivity contribution is -0.134. The van der Waals surface area contributed by atoms with Gasteiger partial charge in [-0.1, -0.05) is 24.3 Å². The third-order valence-corrected chi connectivity index (χ3v) is 5.33. The van der Waals surface area contributed by atoms with Gasteiger partial charge in [-0.05, 0) is 49.1 Å². The van der Waals surface area contributed by atoms with Gasteiger partial charge in [0.2, 0.25) is 5.91 Å². The normalized spacial score (nSPS) is 14.6. The van der Waals surface area contributed by atoms with Crippen LogP contribution in [0.2, 0.25) is 0 Å². The van der Waals surface area contributed by atoms with Gasteiger partial charge in [0.1, 0.15) is 17.6 Å². The lowest BCUT2D eigenvalue weighted by Crippen LogP contribution is -2.51. The van der Waals surface area contributed by atoms with E-state index in [0.717, 1.165) is 43.7 Å². The average molecular weight is 409 g/mol. The van der Waals surface area contributed by atoms with E-state index in [1.165, 1.54) is 0 Å². The molecule has 0 spiro atoms. The van der Waals surface area contributed by atoms with Crippen LogP contribution in [-0.4, -0.2) is 48.8 Å². The molecule has 1 saturated heterocycles. The maximum Gasteiger partial charge on any atom is 0.251 e. The van der Waals surface area contributed by atoms with Crippen molar-refractivity contribution in [3.63, 3.8) is 0 Å². The third-order valence-electron chi connectivity index (χ3n) is 5.33. The largest absolute Gasteiger partial charge is 0.497 e. The van der Waals surface area contributed by atoms with E-state index in [2.05, 4.69) is 5.32 Å². The maximum absolute atomic E-state index is 13.2. The van der Waals surface area contributed by atoms with Crippen molar-refractivity contribution in [2.75, 3.05) is 20.2 Å². The van der Waals surface area contributed by atoms with Crippen LogP contribution in [0.4, 0.5) is 0 Å². The van der Waals surface area contributed by atoms with Crippen molar-refractivity contribution in [1.29, 1.82) is 5.41 Å². The van der Waals surface area contributed by atoms with Gasteiger partial charge in [0.15, 0.2) is 0 Å². The molecule has 0 aromatic heterocycles. The van der Waals surface area contributed by atoms with Crippen molar-refractivity contribution >= 4 is 17.6 Å². The van der Waals surface area contributed by atoms with Crippen LogP contribution >= 0.6 is 0 Å². The topological polar surface area (TPSA) is 109 Å². The predicted molar refractivity (Wildman–Crippen MR) is 116 cm³/mol. The van der Waals surface area contributed by atoms with E-state index < -0.39 is 6.04 Å². The number of amidine groups is 1. The van der Waals surface area contributed by atoms with Crippen molar-refractivity contribution in [2.24, 2.45) is 5.73 Å². The molecule has 1 atom stereocenters. The summed E-state index contributed by atoms with van der Waals surface area (Å²) < 4.78 is 5.20. The number of benzene rings is 2. The fourth-order valence-electron chi connectivity index (χ4n) is 3.57. The Morgan fingerprint density at radius 3 is 2.20 bits per heavy atom. The number of rotatable bonds is 7. The Labute approximate surface area is 176 Å². The quantitative estimate of drug-likeness (QED) is 0.483. The number of nitrogen functional groups attached to an aromatic ring is 1. The van der Waals surface area contributed by atoms with Gasteiger partial charge in [0.05, 0.1) is 7.11 Å². The van der Waals surface area contributed by atoms with E-state index in [4.69, 9.17) is 15.9 Å². The van der Waals surface area contributed by atoms with Crippen molar-refractivity contribution < 1.29 is 14.3 Å². The summed E-state index contributed by atoms with van der Waals surface area (Å²) in [6.45, 7) is 1.45. The maximum atomic E-state index is 13.2. The standard InChI is InChI=1S/C23H28N4O3/c1-30-19-11-5-16(6-12-19)15-20(23(29)27-13-3-2-4-14-27)26-22(28)18-9-7-17(8-10-18)21(24)25/h5-12,20H,2-4,13-15H2,1H3,(H3,24,25)(H,26,28)/t20-/m0/s1. The molecule has 1 aliphatic rings. The summed E-state index contributed by atoms with van der Waals surface area (Å²) in [7, 11) is 1.61. The molecule has 1 aliphatic heterocycles. The van der Waals surface area contributed by atoms with Crippen LogP contribution in [0.5, 0.6) is 5.75 Å². The molecular weight excluding hydrogens is 380 g/mol. The minimum atomic E-state index is -0.656. The van der Waals surface area contributed by atoms with Gasteiger partial charge in [0.25, 0.3) is 5.91 Å². The molecule has 2 aromatic carbocycles. The highest BCUT2D eigenvalue weighted by Crippen LogP contribution is 2.16. The molecule has 0 unspecified atom stereocenters. The van der Waals surface area contributed by atoms with E-state index in [1.807, 2.05) is 29.2 Å². The van der Waals surface area contributed by atoms with Crippen molar-refractivity contribution in [1.82, 2.24) is 10.2 Å².